The summed E-state index contributed by atoms with van der Waals surface area (Å²) in [5.74, 6) is -0.141. The predicted octanol–water partition coefficient (Wildman–Crippen LogP) is 6.96. The summed E-state index contributed by atoms with van der Waals surface area (Å²) in [5.41, 5.74) is 5.17. The standard InChI is InChI=1S/C33H34N6O6.CH4/c1-3-42-32-34-28-15-9-14-27(31(40)43-21(2)44-33(41)45-24-10-5-4-6-11-24)29(28)39(32)20-22-16-18-23(19-17-22)25-12-7-8-13-26(25)30-35-37-38-36-30;/h7-9,12-19,21,24H,3-6,10-11,20H2,1-2H3,(H,35,36,37,38);1H4. The zero-order valence-corrected chi connectivity index (χ0v) is 25.1. The van der Waals surface area contributed by atoms with Crippen molar-refractivity contribution in [3.05, 3.63) is 77.9 Å². The van der Waals surface area contributed by atoms with E-state index in [0.29, 0.717) is 36.0 Å². The molecule has 1 fully saturated rings. The smallest absolute Gasteiger partial charge is 0.465 e. The van der Waals surface area contributed by atoms with Crippen molar-refractivity contribution >= 4 is 23.2 Å². The second kappa shape index (κ2) is 14.7. The Kier molecular flexibility index (Phi) is 10.3. The van der Waals surface area contributed by atoms with E-state index in [1.165, 1.54) is 6.92 Å². The summed E-state index contributed by atoms with van der Waals surface area (Å²) in [6, 6.07) is 21.5. The molecule has 2 heterocycles. The molecule has 5 aromatic rings. The van der Waals surface area contributed by atoms with E-state index in [-0.39, 0.29) is 19.1 Å². The fourth-order valence-corrected chi connectivity index (χ4v) is 5.61. The Morgan fingerprint density at radius 1 is 0.957 bits per heavy atom. The number of nitrogens with zero attached hydrogens (tertiary/aromatic N) is 5. The van der Waals surface area contributed by atoms with Crippen molar-refractivity contribution in [2.45, 2.75) is 72.3 Å². The topological polar surface area (TPSA) is 143 Å². The molecule has 46 heavy (non-hydrogen) atoms. The average Bonchev–Trinajstić information content (AvgIpc) is 3.71. The third-order valence-corrected chi connectivity index (χ3v) is 7.69. The van der Waals surface area contributed by atoms with Crippen LogP contribution in [0.1, 0.15) is 69.3 Å². The number of carbonyl (C=O) groups is 2. The van der Waals surface area contributed by atoms with E-state index in [2.05, 4.69) is 25.6 Å². The average molecular weight is 627 g/mol. The molecule has 1 N–H and O–H groups in total. The van der Waals surface area contributed by atoms with Crippen molar-refractivity contribution in [2.24, 2.45) is 0 Å². The molecule has 12 nitrogen and oxygen atoms in total. The number of esters is 1. The molecule has 1 aliphatic carbocycles. The van der Waals surface area contributed by atoms with Gasteiger partial charge in [-0.2, -0.15) is 10.2 Å². The molecule has 1 unspecified atom stereocenters. The van der Waals surface area contributed by atoms with Crippen molar-refractivity contribution in [1.29, 1.82) is 0 Å². The second-order valence-corrected chi connectivity index (χ2v) is 10.8. The second-order valence-electron chi connectivity index (χ2n) is 10.8. The summed E-state index contributed by atoms with van der Waals surface area (Å²) in [7, 11) is 0. The number of imidazole rings is 1. The first-order valence-electron chi connectivity index (χ1n) is 15.1. The van der Waals surface area contributed by atoms with Crippen molar-refractivity contribution in [2.75, 3.05) is 6.61 Å². The van der Waals surface area contributed by atoms with E-state index in [4.69, 9.17) is 18.9 Å². The number of aromatic amines is 1. The molecule has 6 rings (SSSR count). The number of carbonyl (C=O) groups excluding carboxylic acids is 2. The number of benzene rings is 3. The van der Waals surface area contributed by atoms with Crippen molar-refractivity contribution in [3.8, 4) is 28.5 Å². The molecule has 12 heteroatoms. The Balaban J connectivity index is 0.00000417. The zero-order chi connectivity index (χ0) is 31.2. The third kappa shape index (κ3) is 7.17. The van der Waals surface area contributed by atoms with Gasteiger partial charge in [0.2, 0.25) is 12.1 Å². The molecule has 0 spiro atoms. The summed E-state index contributed by atoms with van der Waals surface area (Å²) in [6.45, 7) is 4.13. The first-order chi connectivity index (χ1) is 22.0. The molecule has 0 saturated heterocycles. The lowest BCUT2D eigenvalue weighted by Crippen LogP contribution is -2.26. The summed E-state index contributed by atoms with van der Waals surface area (Å²) in [5, 5.41) is 14.5. The molecule has 0 bridgehead atoms. The van der Waals surface area contributed by atoms with Gasteiger partial charge in [-0.3, -0.25) is 4.57 Å². The Bertz CT molecular complexity index is 1760. The highest BCUT2D eigenvalue weighted by Crippen LogP contribution is 2.31. The maximum absolute atomic E-state index is 13.4. The van der Waals surface area contributed by atoms with Crippen LogP contribution in [0, 0.1) is 0 Å². The molecule has 0 aliphatic heterocycles. The highest BCUT2D eigenvalue weighted by molar-refractivity contribution is 6.02. The molecule has 2 aromatic heterocycles. The van der Waals surface area contributed by atoms with Crippen LogP contribution >= 0.6 is 0 Å². The van der Waals surface area contributed by atoms with Gasteiger partial charge < -0.3 is 18.9 Å². The van der Waals surface area contributed by atoms with E-state index in [9.17, 15) is 9.59 Å². The Labute approximate surface area is 267 Å². The van der Waals surface area contributed by atoms with Gasteiger partial charge >= 0.3 is 12.1 Å². The predicted molar refractivity (Wildman–Crippen MR) is 171 cm³/mol. The molecule has 0 amide bonds. The molecular formula is C34H38N6O6. The third-order valence-electron chi connectivity index (χ3n) is 7.69. The Morgan fingerprint density at radius 3 is 2.43 bits per heavy atom. The Morgan fingerprint density at radius 2 is 1.72 bits per heavy atom. The lowest BCUT2D eigenvalue weighted by molar-refractivity contribution is -0.0914. The number of rotatable bonds is 10. The number of hydrogen-bond donors (Lipinski definition) is 1. The molecule has 240 valence electrons. The van der Waals surface area contributed by atoms with Crippen LogP contribution in [0.4, 0.5) is 4.79 Å². The molecular weight excluding hydrogens is 588 g/mol. The Hall–Kier alpha value is -5.26. The zero-order valence-electron chi connectivity index (χ0n) is 25.1. The van der Waals surface area contributed by atoms with Crippen LogP contribution in [-0.4, -0.2) is 61.3 Å². The summed E-state index contributed by atoms with van der Waals surface area (Å²) in [6.07, 6.45) is 2.65. The van der Waals surface area contributed by atoms with Crippen molar-refractivity contribution in [3.63, 3.8) is 0 Å². The van der Waals surface area contributed by atoms with Crippen LogP contribution in [0.2, 0.25) is 0 Å². The lowest BCUT2D eigenvalue weighted by Gasteiger charge is -2.22. The maximum atomic E-state index is 13.4. The number of hydrogen-bond acceptors (Lipinski definition) is 10. The number of ether oxygens (including phenoxy) is 4. The SMILES string of the molecule is C.CCOc1nc2cccc(C(=O)OC(C)OC(=O)OC3CCCCC3)c2n1Cc1ccc(-c2ccccc2-c2nn[nH]n2)cc1. The van der Waals surface area contributed by atoms with Crippen LogP contribution in [-0.2, 0) is 20.8 Å². The highest BCUT2D eigenvalue weighted by Gasteiger charge is 2.25. The van der Waals surface area contributed by atoms with E-state index in [1.807, 2.05) is 66.1 Å². The minimum Gasteiger partial charge on any atom is -0.465 e. The van der Waals surface area contributed by atoms with Crippen LogP contribution in [0.3, 0.4) is 0 Å². The first kappa shape index (κ1) is 32.1. The quantitative estimate of drug-likeness (QED) is 0.128. The van der Waals surface area contributed by atoms with E-state index >= 15 is 0 Å². The molecule has 0 radical (unpaired) electrons. The van der Waals surface area contributed by atoms with Gasteiger partial charge in [-0.25, -0.2) is 9.59 Å². The van der Waals surface area contributed by atoms with Crippen molar-refractivity contribution < 1.29 is 28.5 Å². The van der Waals surface area contributed by atoms with Gasteiger partial charge in [0.25, 0.3) is 6.01 Å². The summed E-state index contributed by atoms with van der Waals surface area (Å²) < 4.78 is 23.9. The number of fused-ring (bicyclic) bond motifs is 1. The van der Waals surface area contributed by atoms with E-state index < -0.39 is 18.4 Å². The minimum absolute atomic E-state index is 0. The lowest BCUT2D eigenvalue weighted by atomic mass is 9.98. The van der Waals surface area contributed by atoms with Gasteiger partial charge in [0, 0.05) is 12.5 Å². The van der Waals surface area contributed by atoms with Crippen molar-refractivity contribution in [1.82, 2.24) is 30.2 Å². The number of H-pyrrole nitrogens is 1. The number of tetrazole rings is 1. The summed E-state index contributed by atoms with van der Waals surface area (Å²) in [4.78, 5) is 30.3. The monoisotopic (exact) mass is 626 g/mol. The fourth-order valence-electron chi connectivity index (χ4n) is 5.61. The van der Waals surface area contributed by atoms with Gasteiger partial charge in [0.1, 0.15) is 6.10 Å². The normalized spacial score (nSPS) is 13.9. The molecule has 3 aromatic carbocycles. The van der Waals surface area contributed by atoms with Gasteiger partial charge in [0.15, 0.2) is 0 Å². The largest absolute Gasteiger partial charge is 0.511 e. The number of nitrogens with one attached hydrogen (secondary N) is 1. The first-order valence-corrected chi connectivity index (χ1v) is 15.1. The van der Waals surface area contributed by atoms with Crippen LogP contribution in [0.25, 0.3) is 33.5 Å². The van der Waals surface area contributed by atoms with Crippen LogP contribution < -0.4 is 4.74 Å². The molecule has 1 atom stereocenters. The van der Waals surface area contributed by atoms with Gasteiger partial charge in [0.05, 0.1) is 29.7 Å². The number of aromatic nitrogens is 6. The summed E-state index contributed by atoms with van der Waals surface area (Å²) >= 11 is 0. The van der Waals surface area contributed by atoms with Gasteiger partial charge in [-0.15, -0.1) is 10.2 Å². The highest BCUT2D eigenvalue weighted by atomic mass is 16.8. The number of para-hydroxylation sites is 1. The van der Waals surface area contributed by atoms with Crippen LogP contribution in [0.15, 0.2) is 66.7 Å². The molecule has 1 aliphatic rings. The van der Waals surface area contributed by atoms with Crippen LogP contribution in [0.5, 0.6) is 6.01 Å². The fraction of sp³-hybridized carbons (Fsp3) is 0.353. The molecule has 1 saturated carbocycles. The van der Waals surface area contributed by atoms with E-state index in [0.717, 1.165) is 54.4 Å². The van der Waals surface area contributed by atoms with E-state index in [1.54, 1.807) is 12.1 Å². The maximum Gasteiger partial charge on any atom is 0.511 e. The van der Waals surface area contributed by atoms with Gasteiger partial charge in [-0.05, 0) is 66.6 Å². The minimum atomic E-state index is -1.14. The van der Waals surface area contributed by atoms with Gasteiger partial charge in [-0.1, -0.05) is 68.4 Å².